The zero-order valence-corrected chi connectivity index (χ0v) is 13.3. The largest absolute Gasteiger partial charge is 0.375 e. The van der Waals surface area contributed by atoms with Crippen molar-refractivity contribution < 1.29 is 9.53 Å². The van der Waals surface area contributed by atoms with E-state index in [0.717, 1.165) is 5.69 Å². The van der Waals surface area contributed by atoms with Crippen molar-refractivity contribution in [3.8, 4) is 5.69 Å². The number of carbonyl (C=O) groups is 1. The quantitative estimate of drug-likeness (QED) is 0.855. The predicted molar refractivity (Wildman–Crippen MR) is 84.5 cm³/mol. The van der Waals surface area contributed by atoms with Crippen LogP contribution in [0.1, 0.15) is 24.2 Å². The monoisotopic (exact) mass is 319 g/mol. The Balaban J connectivity index is 1.81. The van der Waals surface area contributed by atoms with E-state index >= 15 is 0 Å². The molecule has 1 aromatic heterocycles. The molecule has 116 valence electrons. The van der Waals surface area contributed by atoms with Crippen molar-refractivity contribution in [2.24, 2.45) is 0 Å². The van der Waals surface area contributed by atoms with Crippen LogP contribution < -0.4 is 0 Å². The molecule has 1 amide bonds. The van der Waals surface area contributed by atoms with Gasteiger partial charge in [-0.15, -0.1) is 0 Å². The molecule has 1 aliphatic heterocycles. The molecule has 0 N–H and O–H groups in total. The molecule has 1 fully saturated rings. The highest BCUT2D eigenvalue weighted by molar-refractivity contribution is 6.30. The Morgan fingerprint density at radius 3 is 2.77 bits per heavy atom. The summed E-state index contributed by atoms with van der Waals surface area (Å²) in [7, 11) is 0. The zero-order chi connectivity index (χ0) is 15.7. The molecule has 0 saturated carbocycles. The van der Waals surface area contributed by atoms with E-state index in [1.165, 1.54) is 0 Å². The molecule has 1 aliphatic rings. The number of morpholine rings is 1. The van der Waals surface area contributed by atoms with Gasteiger partial charge < -0.3 is 9.64 Å². The first-order valence-corrected chi connectivity index (χ1v) is 7.65. The maximum atomic E-state index is 12.7. The number of nitrogens with zero attached hydrogens (tertiary/aromatic N) is 3. The van der Waals surface area contributed by atoms with Gasteiger partial charge in [0.05, 0.1) is 36.2 Å². The molecule has 0 spiro atoms. The second kappa shape index (κ2) is 6.10. The summed E-state index contributed by atoms with van der Waals surface area (Å²) >= 11 is 5.88. The summed E-state index contributed by atoms with van der Waals surface area (Å²) < 4.78 is 7.24. The lowest BCUT2D eigenvalue weighted by atomic mass is 10.1. The molecule has 0 aliphatic carbocycles. The normalized spacial score (nSPS) is 21.9. The van der Waals surface area contributed by atoms with E-state index in [2.05, 4.69) is 5.10 Å². The van der Waals surface area contributed by atoms with Crippen molar-refractivity contribution in [3.63, 3.8) is 0 Å². The van der Waals surface area contributed by atoms with E-state index < -0.39 is 0 Å². The minimum Gasteiger partial charge on any atom is -0.375 e. The van der Waals surface area contributed by atoms with Gasteiger partial charge in [0.1, 0.15) is 0 Å². The van der Waals surface area contributed by atoms with Gasteiger partial charge in [0.25, 0.3) is 5.91 Å². The van der Waals surface area contributed by atoms with Gasteiger partial charge in [0.15, 0.2) is 0 Å². The topological polar surface area (TPSA) is 47.4 Å². The summed E-state index contributed by atoms with van der Waals surface area (Å²) in [5.41, 5.74) is 1.45. The summed E-state index contributed by atoms with van der Waals surface area (Å²) in [5.74, 6) is -0.0112. The number of aromatic nitrogens is 2. The molecule has 2 atom stereocenters. The Kier molecular flexibility index (Phi) is 4.18. The molecular weight excluding hydrogens is 302 g/mol. The van der Waals surface area contributed by atoms with Crippen LogP contribution >= 0.6 is 11.6 Å². The lowest BCUT2D eigenvalue weighted by Gasteiger charge is -2.36. The smallest absolute Gasteiger partial charge is 0.257 e. The van der Waals surface area contributed by atoms with Gasteiger partial charge in [-0.2, -0.15) is 5.10 Å². The van der Waals surface area contributed by atoms with E-state index in [-0.39, 0.29) is 18.1 Å². The molecule has 1 aromatic carbocycles. The molecule has 3 rings (SSSR count). The third-order valence-electron chi connectivity index (χ3n) is 3.79. The highest BCUT2D eigenvalue weighted by Gasteiger charge is 2.28. The Labute approximate surface area is 134 Å². The van der Waals surface area contributed by atoms with Crippen molar-refractivity contribution >= 4 is 17.5 Å². The lowest BCUT2D eigenvalue weighted by Crippen LogP contribution is -2.50. The highest BCUT2D eigenvalue weighted by Crippen LogP contribution is 2.17. The van der Waals surface area contributed by atoms with Crippen molar-refractivity contribution in [2.45, 2.75) is 26.0 Å². The van der Waals surface area contributed by atoms with E-state index in [1.54, 1.807) is 29.2 Å². The van der Waals surface area contributed by atoms with E-state index in [1.807, 2.05) is 30.9 Å². The third kappa shape index (κ3) is 3.00. The number of halogens is 1. The minimum atomic E-state index is -0.0112. The maximum absolute atomic E-state index is 12.7. The zero-order valence-electron chi connectivity index (χ0n) is 12.6. The Bertz CT molecular complexity index is 668. The van der Waals surface area contributed by atoms with Gasteiger partial charge in [-0.3, -0.25) is 4.79 Å². The Morgan fingerprint density at radius 1 is 1.32 bits per heavy atom. The fourth-order valence-corrected chi connectivity index (χ4v) is 2.65. The fraction of sp³-hybridized carbons (Fsp3) is 0.375. The van der Waals surface area contributed by atoms with E-state index in [9.17, 15) is 4.79 Å². The van der Waals surface area contributed by atoms with Gasteiger partial charge in [0.2, 0.25) is 0 Å². The molecule has 2 aromatic rings. The van der Waals surface area contributed by atoms with Crippen LogP contribution in [0.15, 0.2) is 36.7 Å². The molecular formula is C16H18ClN3O2. The van der Waals surface area contributed by atoms with Gasteiger partial charge in [-0.05, 0) is 38.1 Å². The van der Waals surface area contributed by atoms with Crippen LogP contribution in [0.5, 0.6) is 0 Å². The summed E-state index contributed by atoms with van der Waals surface area (Å²) in [6.45, 7) is 5.14. The summed E-state index contributed by atoms with van der Waals surface area (Å²) in [6, 6.07) is 7.39. The van der Waals surface area contributed by atoms with Gasteiger partial charge in [-0.25, -0.2) is 4.68 Å². The van der Waals surface area contributed by atoms with Crippen LogP contribution in [0, 0.1) is 0 Å². The maximum Gasteiger partial charge on any atom is 0.257 e. The number of hydrogen-bond acceptors (Lipinski definition) is 3. The fourth-order valence-electron chi connectivity index (χ4n) is 2.52. The van der Waals surface area contributed by atoms with Gasteiger partial charge >= 0.3 is 0 Å². The molecule has 6 heteroatoms. The first-order chi connectivity index (χ1) is 10.5. The second-order valence-corrected chi connectivity index (χ2v) is 6.04. The van der Waals surface area contributed by atoms with Crippen LogP contribution in [-0.4, -0.2) is 45.9 Å². The number of rotatable bonds is 2. The Morgan fingerprint density at radius 2 is 2.05 bits per heavy atom. The number of hydrogen-bond donors (Lipinski definition) is 0. The summed E-state index contributed by atoms with van der Waals surface area (Å²) in [4.78, 5) is 14.5. The number of carbonyl (C=O) groups excluding carboxylic acids is 1. The number of benzene rings is 1. The first kappa shape index (κ1) is 15.1. The number of amides is 1. The molecule has 0 radical (unpaired) electrons. The van der Waals surface area contributed by atoms with Crippen molar-refractivity contribution in [1.29, 1.82) is 0 Å². The van der Waals surface area contributed by atoms with Crippen LogP contribution in [0.25, 0.3) is 5.69 Å². The average Bonchev–Trinajstić information content (AvgIpc) is 2.99. The second-order valence-electron chi connectivity index (χ2n) is 5.60. The molecule has 22 heavy (non-hydrogen) atoms. The minimum absolute atomic E-state index is 0.0112. The SMILES string of the molecule is C[C@H]1CN(C(=O)c2cnn(-c3ccc(Cl)cc3)c2)[C@@H](C)CO1. The van der Waals surface area contributed by atoms with Crippen LogP contribution in [0.2, 0.25) is 5.02 Å². The van der Waals surface area contributed by atoms with Crippen LogP contribution in [0.3, 0.4) is 0 Å². The molecule has 5 nitrogen and oxygen atoms in total. The Hall–Kier alpha value is -1.85. The van der Waals surface area contributed by atoms with E-state index in [0.29, 0.717) is 23.7 Å². The number of ether oxygens (including phenoxy) is 1. The van der Waals surface area contributed by atoms with Gasteiger partial charge in [-0.1, -0.05) is 11.6 Å². The summed E-state index contributed by atoms with van der Waals surface area (Å²) in [5, 5.41) is 4.94. The average molecular weight is 320 g/mol. The standard InChI is InChI=1S/C16H18ClN3O2/c1-11-10-22-12(2)8-19(11)16(21)13-7-18-20(9-13)15-5-3-14(17)4-6-15/h3-7,9,11-12H,8,10H2,1-2H3/t11-,12-/m0/s1. The van der Waals surface area contributed by atoms with Crippen molar-refractivity contribution in [2.75, 3.05) is 13.2 Å². The molecule has 0 bridgehead atoms. The van der Waals surface area contributed by atoms with Crippen LogP contribution in [-0.2, 0) is 4.74 Å². The molecule has 0 unspecified atom stereocenters. The molecule has 1 saturated heterocycles. The first-order valence-electron chi connectivity index (χ1n) is 7.28. The van der Waals surface area contributed by atoms with Gasteiger partial charge in [0, 0.05) is 17.8 Å². The lowest BCUT2D eigenvalue weighted by molar-refractivity contribution is -0.0387. The van der Waals surface area contributed by atoms with E-state index in [4.69, 9.17) is 16.3 Å². The van der Waals surface area contributed by atoms with Crippen molar-refractivity contribution in [1.82, 2.24) is 14.7 Å². The third-order valence-corrected chi connectivity index (χ3v) is 4.04. The van der Waals surface area contributed by atoms with Crippen LogP contribution in [0.4, 0.5) is 0 Å². The summed E-state index contributed by atoms with van der Waals surface area (Å²) in [6.07, 6.45) is 3.41. The molecule has 2 heterocycles. The van der Waals surface area contributed by atoms with Crippen molar-refractivity contribution in [3.05, 3.63) is 47.2 Å². The predicted octanol–water partition coefficient (Wildman–Crippen LogP) is 2.78. The highest BCUT2D eigenvalue weighted by atomic mass is 35.5.